The number of aryl methyl sites for hydroxylation is 1. The number of nitrogens with two attached hydrogens (primary N) is 1. The monoisotopic (exact) mass is 313 g/mol. The highest BCUT2D eigenvalue weighted by Gasteiger charge is 2.29. The fraction of sp³-hybridized carbons (Fsp3) is 0.471. The topological polar surface area (TPSA) is 77.0 Å². The van der Waals surface area contributed by atoms with Gasteiger partial charge >= 0.3 is 0 Å². The molecular weight excluding hydrogens is 290 g/mol. The zero-order valence-electron chi connectivity index (χ0n) is 13.6. The van der Waals surface area contributed by atoms with Crippen LogP contribution < -0.4 is 5.73 Å². The molecular formula is C17H23N5O. The van der Waals surface area contributed by atoms with E-state index in [0.29, 0.717) is 5.56 Å². The van der Waals surface area contributed by atoms with Crippen molar-refractivity contribution in [2.45, 2.75) is 45.2 Å². The summed E-state index contributed by atoms with van der Waals surface area (Å²) >= 11 is 0. The molecule has 122 valence electrons. The third-order valence-corrected chi connectivity index (χ3v) is 4.53. The second kappa shape index (κ2) is 6.50. The second-order valence-electron chi connectivity index (χ2n) is 6.26. The van der Waals surface area contributed by atoms with Gasteiger partial charge in [-0.3, -0.25) is 4.79 Å². The molecule has 23 heavy (non-hydrogen) atoms. The van der Waals surface area contributed by atoms with E-state index < -0.39 is 0 Å². The van der Waals surface area contributed by atoms with Gasteiger partial charge in [-0.05, 0) is 56.9 Å². The molecule has 0 bridgehead atoms. The molecule has 1 fully saturated rings. The van der Waals surface area contributed by atoms with E-state index in [-0.39, 0.29) is 18.0 Å². The summed E-state index contributed by atoms with van der Waals surface area (Å²) in [7, 11) is 0. The van der Waals surface area contributed by atoms with Crippen LogP contribution in [0.25, 0.3) is 5.69 Å². The lowest BCUT2D eigenvalue weighted by molar-refractivity contribution is 0.0583. The van der Waals surface area contributed by atoms with Crippen molar-refractivity contribution in [1.29, 1.82) is 0 Å². The van der Waals surface area contributed by atoms with E-state index >= 15 is 0 Å². The number of piperidine rings is 1. The summed E-state index contributed by atoms with van der Waals surface area (Å²) in [4.78, 5) is 18.8. The summed E-state index contributed by atoms with van der Waals surface area (Å²) in [6.45, 7) is 4.75. The van der Waals surface area contributed by atoms with Crippen molar-refractivity contribution in [1.82, 2.24) is 19.7 Å². The van der Waals surface area contributed by atoms with Crippen LogP contribution in [0.2, 0.25) is 0 Å². The maximum absolute atomic E-state index is 12.9. The van der Waals surface area contributed by atoms with Crippen molar-refractivity contribution >= 4 is 5.91 Å². The molecule has 2 atom stereocenters. The summed E-state index contributed by atoms with van der Waals surface area (Å²) in [5, 5.41) is 4.14. The van der Waals surface area contributed by atoms with Crippen LogP contribution in [0.5, 0.6) is 0 Å². The number of amides is 1. The highest BCUT2D eigenvalue weighted by molar-refractivity contribution is 5.95. The first-order chi connectivity index (χ1) is 11.1. The second-order valence-corrected chi connectivity index (χ2v) is 6.26. The van der Waals surface area contributed by atoms with E-state index in [1.54, 1.807) is 11.0 Å². The Kier molecular flexibility index (Phi) is 4.43. The van der Waals surface area contributed by atoms with Crippen LogP contribution in [0, 0.1) is 6.92 Å². The van der Waals surface area contributed by atoms with Crippen molar-refractivity contribution in [3.05, 3.63) is 42.0 Å². The summed E-state index contributed by atoms with van der Waals surface area (Å²) in [6.07, 6.45) is 6.32. The number of carbonyl (C=O) groups excluding carboxylic acids is 1. The summed E-state index contributed by atoms with van der Waals surface area (Å²) in [5.41, 5.74) is 8.71. The molecule has 1 aliphatic rings. The molecule has 0 radical (unpaired) electrons. The molecule has 1 aromatic carbocycles. The minimum Gasteiger partial charge on any atom is -0.334 e. The Morgan fingerprint density at radius 2 is 2.22 bits per heavy atom. The van der Waals surface area contributed by atoms with Crippen LogP contribution in [-0.2, 0) is 0 Å². The highest BCUT2D eigenvalue weighted by atomic mass is 16.2. The summed E-state index contributed by atoms with van der Waals surface area (Å²) in [5.74, 6) is 0.0697. The number of rotatable bonds is 3. The van der Waals surface area contributed by atoms with E-state index in [1.807, 2.05) is 36.9 Å². The third kappa shape index (κ3) is 3.12. The SMILES string of the molecule is Cc1cc(C(=O)N2CCCCC2C(C)N)ccc1-n1cncn1. The number of carbonyl (C=O) groups is 1. The molecule has 2 aromatic rings. The number of nitrogens with zero attached hydrogens (tertiary/aromatic N) is 4. The lowest BCUT2D eigenvalue weighted by Gasteiger charge is -2.38. The van der Waals surface area contributed by atoms with Gasteiger partial charge in [0.2, 0.25) is 0 Å². The number of hydrogen-bond acceptors (Lipinski definition) is 4. The zero-order valence-corrected chi connectivity index (χ0v) is 13.6. The van der Waals surface area contributed by atoms with Gasteiger partial charge in [0, 0.05) is 24.2 Å². The molecule has 1 saturated heterocycles. The van der Waals surface area contributed by atoms with Crippen LogP contribution in [-0.4, -0.2) is 44.2 Å². The Morgan fingerprint density at radius 3 is 2.87 bits per heavy atom. The molecule has 3 rings (SSSR count). The lowest BCUT2D eigenvalue weighted by Crippen LogP contribution is -2.51. The minimum atomic E-state index is -0.00484. The van der Waals surface area contributed by atoms with Crippen LogP contribution in [0.1, 0.15) is 42.1 Å². The highest BCUT2D eigenvalue weighted by Crippen LogP contribution is 2.23. The van der Waals surface area contributed by atoms with Crippen molar-refractivity contribution in [3.63, 3.8) is 0 Å². The zero-order chi connectivity index (χ0) is 16.4. The number of likely N-dealkylation sites (tertiary alicyclic amines) is 1. The standard InChI is InChI=1S/C17H23N5O/c1-12-9-14(6-7-15(12)22-11-19-10-20-22)17(23)21-8-4-3-5-16(21)13(2)18/h6-7,9-11,13,16H,3-5,8,18H2,1-2H3. The van der Waals surface area contributed by atoms with Crippen molar-refractivity contribution in [2.24, 2.45) is 5.73 Å². The quantitative estimate of drug-likeness (QED) is 0.939. The molecule has 6 heteroatoms. The molecule has 6 nitrogen and oxygen atoms in total. The first-order valence-corrected chi connectivity index (χ1v) is 8.10. The largest absolute Gasteiger partial charge is 0.334 e. The van der Waals surface area contributed by atoms with Crippen LogP contribution in [0.15, 0.2) is 30.9 Å². The first-order valence-electron chi connectivity index (χ1n) is 8.10. The van der Waals surface area contributed by atoms with E-state index in [0.717, 1.165) is 37.1 Å². The van der Waals surface area contributed by atoms with Gasteiger partial charge < -0.3 is 10.6 Å². The summed E-state index contributed by atoms with van der Waals surface area (Å²) < 4.78 is 1.70. The fourth-order valence-electron chi connectivity index (χ4n) is 3.30. The van der Waals surface area contributed by atoms with Crippen LogP contribution in [0.4, 0.5) is 0 Å². The van der Waals surface area contributed by atoms with Crippen LogP contribution in [0.3, 0.4) is 0 Å². The predicted octanol–water partition coefficient (Wildman–Crippen LogP) is 1.92. The molecule has 0 aliphatic carbocycles. The predicted molar refractivity (Wildman–Crippen MR) is 88.4 cm³/mol. The van der Waals surface area contributed by atoms with Crippen molar-refractivity contribution in [3.8, 4) is 5.69 Å². The van der Waals surface area contributed by atoms with Gasteiger partial charge in [-0.25, -0.2) is 9.67 Å². The van der Waals surface area contributed by atoms with Crippen molar-refractivity contribution < 1.29 is 4.79 Å². The van der Waals surface area contributed by atoms with Crippen LogP contribution >= 0.6 is 0 Å². The van der Waals surface area contributed by atoms with Gasteiger partial charge in [-0.15, -0.1) is 0 Å². The lowest BCUT2D eigenvalue weighted by atomic mass is 9.95. The van der Waals surface area contributed by atoms with Gasteiger partial charge in [0.05, 0.1) is 5.69 Å². The Bertz CT molecular complexity index is 680. The van der Waals surface area contributed by atoms with Crippen molar-refractivity contribution in [2.75, 3.05) is 6.54 Å². The normalized spacial score (nSPS) is 19.6. The minimum absolute atomic E-state index is 0.00484. The molecule has 2 heterocycles. The van der Waals surface area contributed by atoms with Gasteiger partial charge in [0.1, 0.15) is 12.7 Å². The smallest absolute Gasteiger partial charge is 0.254 e. The average molecular weight is 313 g/mol. The molecule has 1 aliphatic heterocycles. The van der Waals surface area contributed by atoms with Gasteiger partial charge in [-0.1, -0.05) is 0 Å². The Balaban J connectivity index is 1.86. The Morgan fingerprint density at radius 1 is 1.39 bits per heavy atom. The third-order valence-electron chi connectivity index (χ3n) is 4.53. The molecule has 1 aromatic heterocycles. The number of benzene rings is 1. The Hall–Kier alpha value is -2.21. The first kappa shape index (κ1) is 15.7. The maximum atomic E-state index is 12.9. The molecule has 1 amide bonds. The number of aromatic nitrogens is 3. The molecule has 2 unspecified atom stereocenters. The molecule has 2 N–H and O–H groups in total. The van der Waals surface area contributed by atoms with Gasteiger partial charge in [0.25, 0.3) is 5.91 Å². The van der Waals surface area contributed by atoms with Gasteiger partial charge in [-0.2, -0.15) is 5.10 Å². The van der Waals surface area contributed by atoms with E-state index in [9.17, 15) is 4.79 Å². The molecule has 0 saturated carbocycles. The fourth-order valence-corrected chi connectivity index (χ4v) is 3.30. The van der Waals surface area contributed by atoms with E-state index in [1.165, 1.54) is 6.33 Å². The van der Waals surface area contributed by atoms with E-state index in [4.69, 9.17) is 5.73 Å². The van der Waals surface area contributed by atoms with E-state index in [2.05, 4.69) is 10.1 Å². The number of hydrogen-bond donors (Lipinski definition) is 1. The summed E-state index contributed by atoms with van der Waals surface area (Å²) in [6, 6.07) is 5.83. The van der Waals surface area contributed by atoms with Gasteiger partial charge in [0.15, 0.2) is 0 Å². The molecule has 0 spiro atoms. The average Bonchev–Trinajstić information content (AvgIpc) is 3.08. The maximum Gasteiger partial charge on any atom is 0.254 e. The Labute approximate surface area is 136 Å².